The summed E-state index contributed by atoms with van der Waals surface area (Å²) in [5, 5.41) is 10.7. The van der Waals surface area contributed by atoms with Crippen LogP contribution in [-0.2, 0) is 14.8 Å². The Hall–Kier alpha value is -2.07. The van der Waals surface area contributed by atoms with E-state index in [0.29, 0.717) is 11.8 Å². The van der Waals surface area contributed by atoms with Crippen LogP contribution in [0.1, 0.15) is 13.3 Å². The number of hydrogen-bond acceptors (Lipinski definition) is 6. The zero-order valence-electron chi connectivity index (χ0n) is 13.1. The van der Waals surface area contributed by atoms with Gasteiger partial charge in [0.05, 0.1) is 5.75 Å². The summed E-state index contributed by atoms with van der Waals surface area (Å²) in [6, 6.07) is 5.11. The van der Waals surface area contributed by atoms with Crippen molar-refractivity contribution in [2.45, 2.75) is 13.3 Å². The maximum absolute atomic E-state index is 13.4. The second-order valence-electron chi connectivity index (χ2n) is 5.01. The minimum atomic E-state index is -3.80. The fourth-order valence-corrected chi connectivity index (χ4v) is 3.67. The molecule has 0 saturated heterocycles. The molecule has 1 aromatic heterocycles. The number of nitrogens with one attached hydrogen (secondary N) is 1. The van der Waals surface area contributed by atoms with Crippen molar-refractivity contribution >= 4 is 37.8 Å². The third-order valence-electron chi connectivity index (χ3n) is 2.97. The van der Waals surface area contributed by atoms with Gasteiger partial charge in [0, 0.05) is 17.8 Å². The Morgan fingerprint density at radius 3 is 2.76 bits per heavy atom. The lowest BCUT2D eigenvalue weighted by Gasteiger charge is -2.06. The second-order valence-corrected chi connectivity index (χ2v) is 7.64. The van der Waals surface area contributed by atoms with Crippen molar-refractivity contribution in [2.75, 3.05) is 15.8 Å². The Labute approximate surface area is 152 Å². The van der Waals surface area contributed by atoms with Crippen molar-refractivity contribution < 1.29 is 31.9 Å². The third-order valence-corrected chi connectivity index (χ3v) is 4.85. The standard InChI is InChI=1S/C15H15BrFNO6S/c1-9(19)23-14-12(20)13(10-4-2-5-11(17)8-10)24-15(14)18-25(21,22)7-3-6-16/h2,4-5,8,18,20H,3,6-7H2,1H3. The molecule has 1 heterocycles. The smallest absolute Gasteiger partial charge is 0.308 e. The summed E-state index contributed by atoms with van der Waals surface area (Å²) in [7, 11) is -3.80. The highest BCUT2D eigenvalue weighted by Crippen LogP contribution is 2.46. The molecule has 1 aromatic carbocycles. The van der Waals surface area contributed by atoms with E-state index < -0.39 is 39.2 Å². The summed E-state index contributed by atoms with van der Waals surface area (Å²) in [6.45, 7) is 1.08. The van der Waals surface area contributed by atoms with Crippen LogP contribution in [-0.4, -0.2) is 30.6 Å². The highest BCUT2D eigenvalue weighted by atomic mass is 79.9. The first-order valence-corrected chi connectivity index (χ1v) is 9.87. The minimum Gasteiger partial charge on any atom is -0.502 e. The van der Waals surface area contributed by atoms with Crippen molar-refractivity contribution in [3.63, 3.8) is 0 Å². The average Bonchev–Trinajstić information content (AvgIpc) is 2.81. The van der Waals surface area contributed by atoms with Crippen molar-refractivity contribution in [3.05, 3.63) is 30.1 Å². The normalized spacial score (nSPS) is 11.3. The van der Waals surface area contributed by atoms with Crippen LogP contribution >= 0.6 is 15.9 Å². The predicted octanol–water partition coefficient (Wildman–Crippen LogP) is 3.24. The van der Waals surface area contributed by atoms with E-state index in [1.165, 1.54) is 18.2 Å². The average molecular weight is 436 g/mol. The van der Waals surface area contributed by atoms with Gasteiger partial charge in [-0.25, -0.2) is 17.5 Å². The van der Waals surface area contributed by atoms with Crippen molar-refractivity contribution in [1.82, 2.24) is 0 Å². The third kappa shape index (κ3) is 4.95. The molecular weight excluding hydrogens is 421 g/mol. The lowest BCUT2D eigenvalue weighted by Crippen LogP contribution is -2.17. The zero-order chi connectivity index (χ0) is 18.6. The van der Waals surface area contributed by atoms with E-state index in [0.717, 1.165) is 13.0 Å². The van der Waals surface area contributed by atoms with Crippen LogP contribution in [0.25, 0.3) is 11.3 Å². The SMILES string of the molecule is CC(=O)Oc1c(NS(=O)(=O)CCCBr)oc(-c2cccc(F)c2)c1O. The number of carbonyl (C=O) groups is 1. The Bertz CT molecular complexity index is 880. The van der Waals surface area contributed by atoms with E-state index in [1.807, 2.05) is 0 Å². The Morgan fingerprint density at radius 2 is 2.16 bits per heavy atom. The largest absolute Gasteiger partial charge is 0.502 e. The molecule has 0 atom stereocenters. The summed E-state index contributed by atoms with van der Waals surface area (Å²) >= 11 is 3.13. The first kappa shape index (κ1) is 19.3. The van der Waals surface area contributed by atoms with Gasteiger partial charge >= 0.3 is 5.97 Å². The first-order chi connectivity index (χ1) is 11.7. The fraction of sp³-hybridized carbons (Fsp3) is 0.267. The van der Waals surface area contributed by atoms with Gasteiger partial charge in [0.1, 0.15) is 5.82 Å². The number of alkyl halides is 1. The number of sulfonamides is 1. The molecule has 25 heavy (non-hydrogen) atoms. The minimum absolute atomic E-state index is 0.150. The molecule has 0 unspecified atom stereocenters. The topological polar surface area (TPSA) is 106 Å². The van der Waals surface area contributed by atoms with E-state index in [4.69, 9.17) is 9.15 Å². The van der Waals surface area contributed by atoms with Crippen LogP contribution in [0.3, 0.4) is 0 Å². The van der Waals surface area contributed by atoms with E-state index >= 15 is 0 Å². The van der Waals surface area contributed by atoms with Gasteiger partial charge in [0.25, 0.3) is 5.88 Å². The lowest BCUT2D eigenvalue weighted by molar-refractivity contribution is -0.131. The molecule has 2 aromatic rings. The van der Waals surface area contributed by atoms with E-state index in [9.17, 15) is 22.7 Å². The van der Waals surface area contributed by atoms with Gasteiger partial charge in [-0.15, -0.1) is 0 Å². The molecule has 0 amide bonds. The number of benzene rings is 1. The molecule has 0 radical (unpaired) electrons. The molecule has 0 bridgehead atoms. The maximum atomic E-state index is 13.4. The van der Waals surface area contributed by atoms with Crippen molar-refractivity contribution in [2.24, 2.45) is 0 Å². The second kappa shape index (κ2) is 7.87. The van der Waals surface area contributed by atoms with E-state index in [2.05, 4.69) is 20.7 Å². The van der Waals surface area contributed by atoms with Crippen LogP contribution in [0, 0.1) is 5.82 Å². The van der Waals surface area contributed by atoms with Gasteiger partial charge in [-0.3, -0.25) is 4.79 Å². The molecule has 0 aliphatic heterocycles. The van der Waals surface area contributed by atoms with E-state index in [-0.39, 0.29) is 17.1 Å². The molecule has 0 saturated carbocycles. The number of ether oxygens (including phenoxy) is 1. The monoisotopic (exact) mass is 435 g/mol. The predicted molar refractivity (Wildman–Crippen MR) is 92.9 cm³/mol. The fourth-order valence-electron chi connectivity index (χ4n) is 1.98. The van der Waals surface area contributed by atoms with E-state index in [1.54, 1.807) is 0 Å². The van der Waals surface area contributed by atoms with Gasteiger partial charge in [-0.1, -0.05) is 28.1 Å². The first-order valence-electron chi connectivity index (χ1n) is 7.10. The van der Waals surface area contributed by atoms with Gasteiger partial charge in [0.15, 0.2) is 5.76 Å². The summed E-state index contributed by atoms with van der Waals surface area (Å²) in [5.41, 5.74) is 0.150. The van der Waals surface area contributed by atoms with Crippen molar-refractivity contribution in [1.29, 1.82) is 0 Å². The number of esters is 1. The number of furan rings is 1. The molecule has 2 rings (SSSR count). The highest BCUT2D eigenvalue weighted by Gasteiger charge is 2.27. The van der Waals surface area contributed by atoms with Gasteiger partial charge in [-0.05, 0) is 18.6 Å². The zero-order valence-corrected chi connectivity index (χ0v) is 15.5. The summed E-state index contributed by atoms with van der Waals surface area (Å²) < 4.78 is 49.7. The van der Waals surface area contributed by atoms with Crippen molar-refractivity contribution in [3.8, 4) is 22.8 Å². The molecule has 7 nitrogen and oxygen atoms in total. The number of aromatic hydroxyl groups is 1. The Morgan fingerprint density at radius 1 is 1.44 bits per heavy atom. The van der Waals surface area contributed by atoms with Crippen LogP contribution in [0.15, 0.2) is 28.7 Å². The highest BCUT2D eigenvalue weighted by molar-refractivity contribution is 9.09. The van der Waals surface area contributed by atoms with Gasteiger partial charge in [0.2, 0.25) is 21.5 Å². The van der Waals surface area contributed by atoms with Gasteiger partial charge < -0.3 is 14.3 Å². The maximum Gasteiger partial charge on any atom is 0.308 e. The molecule has 136 valence electrons. The van der Waals surface area contributed by atoms with Gasteiger partial charge in [-0.2, -0.15) is 0 Å². The Kier molecular flexibility index (Phi) is 6.07. The molecule has 10 heteroatoms. The number of carbonyl (C=O) groups excluding carboxylic acids is 1. The summed E-state index contributed by atoms with van der Waals surface area (Å²) in [5.74, 6) is -3.36. The summed E-state index contributed by atoms with van der Waals surface area (Å²) in [4.78, 5) is 11.2. The molecule has 0 spiro atoms. The molecule has 2 N–H and O–H groups in total. The molecule has 0 aliphatic carbocycles. The molecular formula is C15H15BrFNO6S. The van der Waals surface area contributed by atoms with Crippen LogP contribution in [0.2, 0.25) is 0 Å². The number of anilines is 1. The number of hydrogen-bond donors (Lipinski definition) is 2. The Balaban J connectivity index is 2.48. The quantitative estimate of drug-likeness (QED) is 0.510. The lowest BCUT2D eigenvalue weighted by atomic mass is 10.1. The number of rotatable bonds is 7. The summed E-state index contributed by atoms with van der Waals surface area (Å²) in [6.07, 6.45) is 0.335. The number of halogens is 2. The molecule has 0 fully saturated rings. The van der Waals surface area contributed by atoms with Crippen LogP contribution < -0.4 is 9.46 Å². The van der Waals surface area contributed by atoms with Crippen LogP contribution in [0.5, 0.6) is 11.5 Å². The van der Waals surface area contributed by atoms with Crippen LogP contribution in [0.4, 0.5) is 10.3 Å². The molecule has 0 aliphatic rings.